The fraction of sp³-hybridized carbons (Fsp3) is 0.524. The summed E-state index contributed by atoms with van der Waals surface area (Å²) in [4.78, 5) is 60.7. The molecule has 1 aliphatic carbocycles. The molecule has 10 nitrogen and oxygen atoms in total. The largest absolute Gasteiger partial charge is 0.455 e. The SMILES string of the molecule is C=CCCC(=O)N[C@@H](C)[C@H](OC(=O)[C@@H]1[C@@H]2CC[C@]3(O2)[C@H](C(=O)N(CC=C)C2CCCCC2)N([C@@H](CO)Cc2ccccc2)C(=O)[C@@H]13)c1ccccc1. The number of esters is 1. The maximum Gasteiger partial charge on any atom is 0.313 e. The van der Waals surface area contributed by atoms with E-state index in [4.69, 9.17) is 9.47 Å². The van der Waals surface area contributed by atoms with Crippen LogP contribution in [-0.4, -0.2) is 87.6 Å². The molecule has 3 heterocycles. The van der Waals surface area contributed by atoms with Crippen LogP contribution in [0.4, 0.5) is 0 Å². The zero-order valence-corrected chi connectivity index (χ0v) is 30.2. The summed E-state index contributed by atoms with van der Waals surface area (Å²) < 4.78 is 13.1. The molecule has 10 heteroatoms. The van der Waals surface area contributed by atoms with Crippen molar-refractivity contribution in [3.63, 3.8) is 0 Å². The number of aliphatic hydroxyl groups excluding tert-OH is 1. The van der Waals surface area contributed by atoms with Crippen LogP contribution in [0.15, 0.2) is 86.0 Å². The van der Waals surface area contributed by atoms with Gasteiger partial charge >= 0.3 is 5.97 Å². The highest BCUT2D eigenvalue weighted by Gasteiger charge is 2.76. The number of ether oxygens (including phenoxy) is 2. The van der Waals surface area contributed by atoms with E-state index in [2.05, 4.69) is 18.5 Å². The lowest BCUT2D eigenvalue weighted by molar-refractivity contribution is -0.162. The monoisotopic (exact) mass is 711 g/mol. The number of carbonyl (C=O) groups excluding carboxylic acids is 4. The Morgan fingerprint density at radius 3 is 2.38 bits per heavy atom. The Morgan fingerprint density at radius 1 is 1.04 bits per heavy atom. The molecule has 1 spiro atoms. The number of hydrogen-bond donors (Lipinski definition) is 2. The summed E-state index contributed by atoms with van der Waals surface area (Å²) in [6.45, 7) is 9.41. The lowest BCUT2D eigenvalue weighted by Crippen LogP contribution is -2.60. The number of carbonyl (C=O) groups is 4. The Hall–Kier alpha value is -4.28. The van der Waals surface area contributed by atoms with Gasteiger partial charge in [-0.25, -0.2) is 0 Å². The average Bonchev–Trinajstić information content (AvgIpc) is 3.82. The molecule has 8 atom stereocenters. The van der Waals surface area contributed by atoms with Crippen molar-refractivity contribution in [3.8, 4) is 0 Å². The van der Waals surface area contributed by atoms with Crippen LogP contribution in [0.5, 0.6) is 0 Å². The van der Waals surface area contributed by atoms with Crippen LogP contribution >= 0.6 is 0 Å². The molecule has 278 valence electrons. The van der Waals surface area contributed by atoms with Crippen LogP contribution in [0, 0.1) is 11.8 Å². The highest BCUT2D eigenvalue weighted by Crippen LogP contribution is 2.59. The molecule has 1 saturated carbocycles. The van der Waals surface area contributed by atoms with Crippen molar-refractivity contribution in [3.05, 3.63) is 97.1 Å². The van der Waals surface area contributed by atoms with E-state index >= 15 is 4.79 Å². The van der Waals surface area contributed by atoms with Gasteiger partial charge in [-0.15, -0.1) is 13.2 Å². The number of rotatable bonds is 16. The second-order valence-electron chi connectivity index (χ2n) is 14.9. The van der Waals surface area contributed by atoms with Crippen LogP contribution in [-0.2, 0) is 35.1 Å². The molecule has 2 aromatic carbocycles. The number of benzene rings is 2. The maximum absolute atomic E-state index is 15.1. The third-order valence-electron chi connectivity index (χ3n) is 11.6. The highest BCUT2D eigenvalue weighted by molar-refractivity contribution is 5.98. The molecule has 0 aromatic heterocycles. The summed E-state index contributed by atoms with van der Waals surface area (Å²) in [6, 6.07) is 16.5. The molecule has 4 aliphatic rings. The van der Waals surface area contributed by atoms with E-state index in [1.807, 2.05) is 65.6 Å². The van der Waals surface area contributed by atoms with Gasteiger partial charge in [0.25, 0.3) is 0 Å². The van der Waals surface area contributed by atoms with Crippen LogP contribution in [0.1, 0.15) is 81.9 Å². The van der Waals surface area contributed by atoms with E-state index in [1.165, 1.54) is 0 Å². The molecule has 6 rings (SSSR count). The van der Waals surface area contributed by atoms with E-state index in [0.29, 0.717) is 37.8 Å². The van der Waals surface area contributed by atoms with E-state index in [-0.39, 0.29) is 36.8 Å². The number of likely N-dealkylation sites (tertiary alicyclic amines) is 1. The molecule has 3 amide bonds. The Bertz CT molecular complexity index is 1590. The number of nitrogens with zero attached hydrogens (tertiary/aromatic N) is 2. The van der Waals surface area contributed by atoms with Crippen LogP contribution in [0.25, 0.3) is 0 Å². The third-order valence-corrected chi connectivity index (χ3v) is 11.6. The van der Waals surface area contributed by atoms with Gasteiger partial charge in [-0.3, -0.25) is 19.2 Å². The predicted octanol–water partition coefficient (Wildman–Crippen LogP) is 5.07. The molecular formula is C42H53N3O7. The Labute approximate surface area is 307 Å². The van der Waals surface area contributed by atoms with Crippen LogP contribution in [0.2, 0.25) is 0 Å². The number of allylic oxidation sites excluding steroid dienone is 1. The summed E-state index contributed by atoms with van der Waals surface area (Å²) in [5, 5.41) is 13.9. The van der Waals surface area contributed by atoms with Crippen LogP contribution < -0.4 is 5.32 Å². The molecule has 0 radical (unpaired) electrons. The van der Waals surface area contributed by atoms with E-state index in [1.54, 1.807) is 24.0 Å². The molecule has 0 unspecified atom stereocenters. The van der Waals surface area contributed by atoms with Gasteiger partial charge in [0.1, 0.15) is 17.7 Å². The molecule has 2 aromatic rings. The topological polar surface area (TPSA) is 125 Å². The standard InChI is InChI=1S/C42H53N3O7/c1-4-6-22-34(47)43-28(3)37(30-18-12-8-13-19-30)51-41(50)35-33-23-24-42(52-33)36(35)39(48)45(32(27-46)26-29-16-10-7-11-17-29)38(42)40(49)44(25-5-2)31-20-14-9-15-21-31/h4-5,7-8,10-13,16-19,28,31-33,35-38,46H,1-2,6,9,14-15,20-27H2,3H3,(H,43,47)/t28-,32+,33-,35+,36+,37-,38-,42+/m0/s1. The van der Waals surface area contributed by atoms with Gasteiger partial charge < -0.3 is 29.7 Å². The van der Waals surface area contributed by atoms with Gasteiger partial charge in [0, 0.05) is 19.0 Å². The molecule has 3 saturated heterocycles. The van der Waals surface area contributed by atoms with Gasteiger partial charge in [-0.1, -0.05) is 92.1 Å². The van der Waals surface area contributed by atoms with Gasteiger partial charge in [0.2, 0.25) is 17.7 Å². The third kappa shape index (κ3) is 7.33. The van der Waals surface area contributed by atoms with Gasteiger partial charge in [-0.2, -0.15) is 0 Å². The highest BCUT2D eigenvalue weighted by atomic mass is 16.6. The Balaban J connectivity index is 1.35. The van der Waals surface area contributed by atoms with Crippen molar-refractivity contribution >= 4 is 23.7 Å². The summed E-state index contributed by atoms with van der Waals surface area (Å²) in [5.74, 6) is -3.31. The lowest BCUT2D eigenvalue weighted by Gasteiger charge is -2.42. The minimum atomic E-state index is -1.26. The predicted molar refractivity (Wildman–Crippen MR) is 197 cm³/mol. The van der Waals surface area contributed by atoms with E-state index in [0.717, 1.165) is 37.7 Å². The number of nitrogens with one attached hydrogen (secondary N) is 1. The number of amides is 3. The van der Waals surface area contributed by atoms with Crippen molar-refractivity contribution < 1.29 is 33.8 Å². The van der Waals surface area contributed by atoms with Crippen molar-refractivity contribution in [2.45, 2.75) is 113 Å². The minimum Gasteiger partial charge on any atom is -0.455 e. The Kier molecular flexibility index (Phi) is 12.0. The Morgan fingerprint density at radius 2 is 1.73 bits per heavy atom. The molecule has 3 aliphatic heterocycles. The summed E-state index contributed by atoms with van der Waals surface area (Å²) in [5.41, 5.74) is 0.365. The number of aliphatic hydroxyl groups is 1. The lowest BCUT2D eigenvalue weighted by atomic mass is 9.70. The fourth-order valence-electron chi connectivity index (χ4n) is 9.22. The van der Waals surface area contributed by atoms with Crippen molar-refractivity contribution in [2.24, 2.45) is 11.8 Å². The average molecular weight is 712 g/mol. The smallest absolute Gasteiger partial charge is 0.313 e. The zero-order chi connectivity index (χ0) is 36.8. The second-order valence-corrected chi connectivity index (χ2v) is 14.9. The fourth-order valence-corrected chi connectivity index (χ4v) is 9.22. The summed E-state index contributed by atoms with van der Waals surface area (Å²) >= 11 is 0. The van der Waals surface area contributed by atoms with Gasteiger partial charge in [-0.05, 0) is 56.6 Å². The summed E-state index contributed by atoms with van der Waals surface area (Å²) in [7, 11) is 0. The quantitative estimate of drug-likeness (QED) is 0.184. The van der Waals surface area contributed by atoms with Crippen molar-refractivity contribution in [2.75, 3.05) is 13.2 Å². The number of hydrogen-bond acceptors (Lipinski definition) is 7. The van der Waals surface area contributed by atoms with Gasteiger partial charge in [0.05, 0.1) is 36.6 Å². The molecule has 4 fully saturated rings. The van der Waals surface area contributed by atoms with Crippen molar-refractivity contribution in [1.82, 2.24) is 15.1 Å². The van der Waals surface area contributed by atoms with E-state index in [9.17, 15) is 19.5 Å². The minimum absolute atomic E-state index is 0.00234. The van der Waals surface area contributed by atoms with Crippen LogP contribution in [0.3, 0.4) is 0 Å². The number of fused-ring (bicyclic) bond motifs is 1. The normalized spacial score (nSPS) is 27.0. The molecule has 52 heavy (non-hydrogen) atoms. The maximum atomic E-state index is 15.1. The molecule has 2 bridgehead atoms. The first-order valence-electron chi connectivity index (χ1n) is 19.0. The van der Waals surface area contributed by atoms with Crippen molar-refractivity contribution in [1.29, 1.82) is 0 Å². The zero-order valence-electron chi connectivity index (χ0n) is 30.2. The summed E-state index contributed by atoms with van der Waals surface area (Å²) in [6.07, 6.45) is 8.85. The van der Waals surface area contributed by atoms with Gasteiger partial charge in [0.15, 0.2) is 0 Å². The first kappa shape index (κ1) is 37.5. The first-order valence-corrected chi connectivity index (χ1v) is 19.0. The van der Waals surface area contributed by atoms with E-state index < -0.39 is 53.7 Å². The molecule has 2 N–H and O–H groups in total. The second kappa shape index (κ2) is 16.6. The first-order chi connectivity index (χ1) is 25.2. The molecular weight excluding hydrogens is 658 g/mol.